The number of hydrogen-bond acceptors (Lipinski definition) is 2. The SMILES string of the molecule is ON=C1CC2CC1C1CCCC21. The molecule has 3 aliphatic rings. The van der Waals surface area contributed by atoms with Crippen LogP contribution in [0.4, 0.5) is 0 Å². The van der Waals surface area contributed by atoms with Crippen LogP contribution in [0.15, 0.2) is 5.16 Å². The van der Waals surface area contributed by atoms with Crippen molar-refractivity contribution in [1.82, 2.24) is 0 Å². The highest BCUT2D eigenvalue weighted by Crippen LogP contribution is 2.57. The van der Waals surface area contributed by atoms with Gasteiger partial charge in [-0.3, -0.25) is 0 Å². The zero-order valence-electron chi connectivity index (χ0n) is 7.24. The van der Waals surface area contributed by atoms with E-state index in [-0.39, 0.29) is 0 Å². The second kappa shape index (κ2) is 2.24. The third-order valence-electron chi connectivity index (χ3n) is 4.33. The third kappa shape index (κ3) is 0.686. The summed E-state index contributed by atoms with van der Waals surface area (Å²) < 4.78 is 0. The lowest BCUT2D eigenvalue weighted by molar-refractivity contribution is 0.293. The van der Waals surface area contributed by atoms with E-state index in [0.717, 1.165) is 29.9 Å². The van der Waals surface area contributed by atoms with Crippen molar-refractivity contribution in [2.45, 2.75) is 32.1 Å². The minimum Gasteiger partial charge on any atom is -0.411 e. The van der Waals surface area contributed by atoms with Crippen molar-refractivity contribution in [1.29, 1.82) is 0 Å². The van der Waals surface area contributed by atoms with Crippen LogP contribution in [0.5, 0.6) is 0 Å². The van der Waals surface area contributed by atoms with Gasteiger partial charge in [-0.15, -0.1) is 0 Å². The van der Waals surface area contributed by atoms with Gasteiger partial charge in [0.15, 0.2) is 0 Å². The topological polar surface area (TPSA) is 32.6 Å². The first kappa shape index (κ1) is 6.93. The van der Waals surface area contributed by atoms with E-state index in [0.29, 0.717) is 5.92 Å². The lowest BCUT2D eigenvalue weighted by Gasteiger charge is -2.24. The van der Waals surface area contributed by atoms with Gasteiger partial charge >= 0.3 is 0 Å². The molecule has 2 nitrogen and oxygen atoms in total. The summed E-state index contributed by atoms with van der Waals surface area (Å²) >= 11 is 0. The van der Waals surface area contributed by atoms with Crippen molar-refractivity contribution in [3.05, 3.63) is 0 Å². The van der Waals surface area contributed by atoms with E-state index >= 15 is 0 Å². The van der Waals surface area contributed by atoms with Crippen LogP contribution in [0.2, 0.25) is 0 Å². The molecule has 0 aromatic carbocycles. The Bertz CT molecular complexity index is 236. The maximum atomic E-state index is 8.80. The van der Waals surface area contributed by atoms with Crippen LogP contribution in [0.25, 0.3) is 0 Å². The number of hydrogen-bond donors (Lipinski definition) is 1. The molecule has 66 valence electrons. The predicted molar refractivity (Wildman–Crippen MR) is 46.3 cm³/mol. The fourth-order valence-electron chi connectivity index (χ4n) is 3.93. The maximum Gasteiger partial charge on any atom is 0.0607 e. The molecule has 0 aromatic heterocycles. The number of fused-ring (bicyclic) bond motifs is 5. The molecule has 12 heavy (non-hydrogen) atoms. The molecule has 3 rings (SSSR count). The van der Waals surface area contributed by atoms with Crippen LogP contribution < -0.4 is 0 Å². The molecule has 4 unspecified atom stereocenters. The van der Waals surface area contributed by atoms with Gasteiger partial charge < -0.3 is 5.21 Å². The van der Waals surface area contributed by atoms with Gasteiger partial charge in [0, 0.05) is 5.92 Å². The third-order valence-corrected chi connectivity index (χ3v) is 4.33. The van der Waals surface area contributed by atoms with Gasteiger partial charge in [-0.2, -0.15) is 0 Å². The molecule has 0 saturated heterocycles. The number of oxime groups is 1. The molecule has 3 saturated carbocycles. The van der Waals surface area contributed by atoms with Crippen molar-refractivity contribution >= 4 is 5.71 Å². The van der Waals surface area contributed by atoms with Crippen LogP contribution in [0.3, 0.4) is 0 Å². The molecule has 0 heterocycles. The summed E-state index contributed by atoms with van der Waals surface area (Å²) in [6.45, 7) is 0. The quantitative estimate of drug-likeness (QED) is 0.433. The summed E-state index contributed by atoms with van der Waals surface area (Å²) in [6.07, 6.45) is 6.69. The van der Waals surface area contributed by atoms with Crippen LogP contribution in [0, 0.1) is 23.7 Å². The fourth-order valence-corrected chi connectivity index (χ4v) is 3.93. The van der Waals surface area contributed by atoms with E-state index < -0.39 is 0 Å². The molecule has 0 spiro atoms. The minimum absolute atomic E-state index is 0.674. The molecule has 1 N–H and O–H groups in total. The lowest BCUT2D eigenvalue weighted by Crippen LogP contribution is -2.24. The average molecular weight is 165 g/mol. The maximum absolute atomic E-state index is 8.80. The van der Waals surface area contributed by atoms with Gasteiger partial charge in [-0.25, -0.2) is 0 Å². The Morgan fingerprint density at radius 2 is 2.08 bits per heavy atom. The van der Waals surface area contributed by atoms with Crippen molar-refractivity contribution in [2.24, 2.45) is 28.8 Å². The first-order valence-corrected chi connectivity index (χ1v) is 5.11. The molecule has 3 aliphatic carbocycles. The van der Waals surface area contributed by atoms with E-state index in [4.69, 9.17) is 5.21 Å². The van der Waals surface area contributed by atoms with Crippen molar-refractivity contribution in [3.8, 4) is 0 Å². The van der Waals surface area contributed by atoms with Gasteiger partial charge in [-0.1, -0.05) is 11.6 Å². The summed E-state index contributed by atoms with van der Waals surface area (Å²) in [5, 5.41) is 12.2. The first-order valence-electron chi connectivity index (χ1n) is 5.11. The Hall–Kier alpha value is -0.530. The second-order valence-electron chi connectivity index (χ2n) is 4.66. The molecule has 2 bridgehead atoms. The average Bonchev–Trinajstić information content (AvgIpc) is 2.75. The van der Waals surface area contributed by atoms with E-state index in [1.807, 2.05) is 0 Å². The summed E-state index contributed by atoms with van der Waals surface area (Å²) in [5.41, 5.74) is 1.11. The molecule has 3 fully saturated rings. The Morgan fingerprint density at radius 1 is 1.25 bits per heavy atom. The zero-order valence-corrected chi connectivity index (χ0v) is 7.24. The van der Waals surface area contributed by atoms with Crippen LogP contribution in [-0.4, -0.2) is 10.9 Å². The Morgan fingerprint density at radius 3 is 2.92 bits per heavy atom. The van der Waals surface area contributed by atoms with Gasteiger partial charge in [0.25, 0.3) is 0 Å². The van der Waals surface area contributed by atoms with E-state index in [1.165, 1.54) is 25.7 Å². The largest absolute Gasteiger partial charge is 0.411 e. The van der Waals surface area contributed by atoms with Crippen LogP contribution in [-0.2, 0) is 0 Å². The highest BCUT2D eigenvalue weighted by atomic mass is 16.4. The summed E-state index contributed by atoms with van der Waals surface area (Å²) in [5.74, 6) is 3.45. The summed E-state index contributed by atoms with van der Waals surface area (Å²) in [7, 11) is 0. The fraction of sp³-hybridized carbons (Fsp3) is 0.900. The van der Waals surface area contributed by atoms with Gasteiger partial charge in [0.05, 0.1) is 5.71 Å². The number of rotatable bonds is 0. The monoisotopic (exact) mass is 165 g/mol. The Kier molecular flexibility index (Phi) is 1.29. The van der Waals surface area contributed by atoms with E-state index in [1.54, 1.807) is 0 Å². The lowest BCUT2D eigenvalue weighted by atomic mass is 9.81. The van der Waals surface area contributed by atoms with Crippen molar-refractivity contribution in [3.63, 3.8) is 0 Å². The molecule has 0 aliphatic heterocycles. The molecule has 0 amide bonds. The molecular weight excluding hydrogens is 150 g/mol. The molecule has 4 atom stereocenters. The normalized spacial score (nSPS) is 53.5. The Balaban J connectivity index is 1.92. The molecular formula is C10H15NO. The highest BCUT2D eigenvalue weighted by Gasteiger charge is 2.52. The van der Waals surface area contributed by atoms with Gasteiger partial charge in [0.2, 0.25) is 0 Å². The van der Waals surface area contributed by atoms with Gasteiger partial charge in [-0.05, 0) is 43.4 Å². The minimum atomic E-state index is 0.674. The van der Waals surface area contributed by atoms with Crippen molar-refractivity contribution < 1.29 is 5.21 Å². The van der Waals surface area contributed by atoms with E-state index in [9.17, 15) is 0 Å². The zero-order chi connectivity index (χ0) is 8.13. The standard InChI is InChI=1S/C10H15NO/c12-11-10-5-6-4-9(10)8-3-1-2-7(6)8/h6-9,12H,1-5H2. The predicted octanol–water partition coefficient (Wildman–Crippen LogP) is 2.27. The Labute approximate surface area is 72.6 Å². The van der Waals surface area contributed by atoms with Crippen LogP contribution in [0.1, 0.15) is 32.1 Å². The second-order valence-corrected chi connectivity index (χ2v) is 4.66. The summed E-state index contributed by atoms with van der Waals surface area (Å²) in [4.78, 5) is 0. The first-order chi connectivity index (χ1) is 5.90. The molecule has 0 aromatic rings. The molecule has 2 heteroatoms. The smallest absolute Gasteiger partial charge is 0.0607 e. The van der Waals surface area contributed by atoms with Crippen molar-refractivity contribution in [2.75, 3.05) is 0 Å². The number of nitrogens with zero attached hydrogens (tertiary/aromatic N) is 1. The highest BCUT2D eigenvalue weighted by molar-refractivity contribution is 5.89. The van der Waals surface area contributed by atoms with E-state index in [2.05, 4.69) is 5.16 Å². The van der Waals surface area contributed by atoms with Crippen LogP contribution >= 0.6 is 0 Å². The van der Waals surface area contributed by atoms with Gasteiger partial charge in [0.1, 0.15) is 0 Å². The summed E-state index contributed by atoms with van der Waals surface area (Å²) in [6, 6.07) is 0. The molecule has 0 radical (unpaired) electrons.